The Morgan fingerprint density at radius 3 is 2.92 bits per heavy atom. The van der Waals surface area contributed by atoms with Crippen molar-refractivity contribution in [3.05, 3.63) is 54.4 Å². The van der Waals surface area contributed by atoms with Crippen LogP contribution in [0.4, 0.5) is 10.5 Å². The quantitative estimate of drug-likeness (QED) is 0.847. The maximum atomic E-state index is 11.9. The molecule has 1 aliphatic rings. The summed E-state index contributed by atoms with van der Waals surface area (Å²) in [6.07, 6.45) is 4.52. The molecule has 132 valence electrons. The second kappa shape index (κ2) is 8.37. The van der Waals surface area contributed by atoms with Gasteiger partial charge >= 0.3 is 6.03 Å². The van der Waals surface area contributed by atoms with Gasteiger partial charge in [-0.1, -0.05) is 6.07 Å². The molecule has 1 fully saturated rings. The third kappa shape index (κ3) is 4.86. The Balaban J connectivity index is 1.41. The number of ether oxygens (including phenoxy) is 1. The highest BCUT2D eigenvalue weighted by Crippen LogP contribution is 2.26. The standard InChI is InChI=1S/C19H24N4O2/c1-25-18-4-2-3-17(11-18)23-10-7-16(14-23)13-22-19(24)21-12-15-5-8-20-9-6-15/h2-6,8-9,11,16H,7,10,12-14H2,1H3,(H2,21,22,24). The van der Waals surface area contributed by atoms with Gasteiger partial charge < -0.3 is 20.3 Å². The first-order valence-corrected chi connectivity index (χ1v) is 8.54. The number of carbonyl (C=O) groups excluding carboxylic acids is 1. The first-order chi connectivity index (χ1) is 12.2. The highest BCUT2D eigenvalue weighted by atomic mass is 16.5. The number of methoxy groups -OCH3 is 1. The van der Waals surface area contributed by atoms with Crippen molar-refractivity contribution in [2.24, 2.45) is 5.92 Å². The van der Waals surface area contributed by atoms with E-state index in [9.17, 15) is 4.79 Å². The molecule has 0 spiro atoms. The van der Waals surface area contributed by atoms with Crippen LogP contribution >= 0.6 is 0 Å². The van der Waals surface area contributed by atoms with Gasteiger partial charge in [0.2, 0.25) is 0 Å². The minimum atomic E-state index is -0.128. The topological polar surface area (TPSA) is 66.5 Å². The van der Waals surface area contributed by atoms with Crippen molar-refractivity contribution in [3.63, 3.8) is 0 Å². The molecule has 2 heterocycles. The lowest BCUT2D eigenvalue weighted by Crippen LogP contribution is -2.38. The van der Waals surface area contributed by atoms with Gasteiger partial charge in [0.05, 0.1) is 7.11 Å². The third-order valence-corrected chi connectivity index (χ3v) is 4.46. The van der Waals surface area contributed by atoms with Crippen molar-refractivity contribution in [2.75, 3.05) is 31.6 Å². The predicted molar refractivity (Wildman–Crippen MR) is 97.8 cm³/mol. The Labute approximate surface area is 148 Å². The zero-order valence-corrected chi connectivity index (χ0v) is 14.4. The van der Waals surface area contributed by atoms with E-state index in [0.29, 0.717) is 19.0 Å². The maximum absolute atomic E-state index is 11.9. The summed E-state index contributed by atoms with van der Waals surface area (Å²) in [6, 6.07) is 11.8. The molecule has 2 aromatic rings. The van der Waals surface area contributed by atoms with Gasteiger partial charge in [0.1, 0.15) is 5.75 Å². The maximum Gasteiger partial charge on any atom is 0.315 e. The van der Waals surface area contributed by atoms with E-state index in [-0.39, 0.29) is 6.03 Å². The van der Waals surface area contributed by atoms with Gasteiger partial charge in [-0.2, -0.15) is 0 Å². The molecule has 1 saturated heterocycles. The van der Waals surface area contributed by atoms with Gasteiger partial charge in [0, 0.05) is 50.3 Å². The van der Waals surface area contributed by atoms with E-state index >= 15 is 0 Å². The van der Waals surface area contributed by atoms with Crippen molar-refractivity contribution in [2.45, 2.75) is 13.0 Å². The molecule has 0 saturated carbocycles. The molecular formula is C19H24N4O2. The molecule has 2 amide bonds. The Kier molecular flexibility index (Phi) is 5.72. The fraction of sp³-hybridized carbons (Fsp3) is 0.368. The van der Waals surface area contributed by atoms with Crippen LogP contribution in [0.5, 0.6) is 5.75 Å². The van der Waals surface area contributed by atoms with Crippen molar-refractivity contribution in [1.82, 2.24) is 15.6 Å². The summed E-state index contributed by atoms with van der Waals surface area (Å²) in [5.74, 6) is 1.33. The van der Waals surface area contributed by atoms with Crippen LogP contribution in [-0.4, -0.2) is 37.8 Å². The first kappa shape index (κ1) is 17.1. The molecule has 25 heavy (non-hydrogen) atoms. The number of benzene rings is 1. The van der Waals surface area contributed by atoms with Crippen LogP contribution in [0.15, 0.2) is 48.8 Å². The summed E-state index contributed by atoms with van der Waals surface area (Å²) in [5.41, 5.74) is 2.21. The highest BCUT2D eigenvalue weighted by molar-refractivity contribution is 5.73. The summed E-state index contributed by atoms with van der Waals surface area (Å²) < 4.78 is 5.29. The lowest BCUT2D eigenvalue weighted by atomic mass is 10.1. The number of urea groups is 1. The summed E-state index contributed by atoms with van der Waals surface area (Å²) in [6.45, 7) is 3.13. The molecule has 0 bridgehead atoms. The monoisotopic (exact) mass is 340 g/mol. The van der Waals surface area contributed by atoms with Gasteiger partial charge in [0.25, 0.3) is 0 Å². The second-order valence-electron chi connectivity index (χ2n) is 6.22. The van der Waals surface area contributed by atoms with Gasteiger partial charge in [-0.15, -0.1) is 0 Å². The highest BCUT2D eigenvalue weighted by Gasteiger charge is 2.23. The normalized spacial score (nSPS) is 16.5. The van der Waals surface area contributed by atoms with Gasteiger partial charge in [-0.3, -0.25) is 4.98 Å². The Bertz CT molecular complexity index is 693. The number of amides is 2. The molecule has 1 aromatic heterocycles. The van der Waals surface area contributed by atoms with E-state index in [0.717, 1.165) is 30.8 Å². The lowest BCUT2D eigenvalue weighted by Gasteiger charge is -2.19. The predicted octanol–water partition coefficient (Wildman–Crippen LogP) is 2.42. The summed E-state index contributed by atoms with van der Waals surface area (Å²) in [4.78, 5) is 18.2. The van der Waals surface area contributed by atoms with Crippen molar-refractivity contribution >= 4 is 11.7 Å². The van der Waals surface area contributed by atoms with Gasteiger partial charge in [0.15, 0.2) is 0 Å². The fourth-order valence-corrected chi connectivity index (χ4v) is 3.02. The van der Waals surface area contributed by atoms with Crippen molar-refractivity contribution in [1.29, 1.82) is 0 Å². The van der Waals surface area contributed by atoms with E-state index in [1.807, 2.05) is 24.3 Å². The molecule has 1 atom stereocenters. The number of aromatic nitrogens is 1. The molecular weight excluding hydrogens is 316 g/mol. The van der Waals surface area contributed by atoms with Crippen LogP contribution in [0.1, 0.15) is 12.0 Å². The van der Waals surface area contributed by atoms with Gasteiger partial charge in [-0.25, -0.2) is 4.79 Å². The van der Waals surface area contributed by atoms with Crippen LogP contribution in [0.2, 0.25) is 0 Å². The molecule has 2 N–H and O–H groups in total. The number of anilines is 1. The summed E-state index contributed by atoms with van der Waals surface area (Å²) in [7, 11) is 1.68. The number of hydrogen-bond donors (Lipinski definition) is 2. The number of nitrogens with one attached hydrogen (secondary N) is 2. The van der Waals surface area contributed by atoms with E-state index in [4.69, 9.17) is 4.74 Å². The van der Waals surface area contributed by atoms with Crippen LogP contribution in [0.25, 0.3) is 0 Å². The van der Waals surface area contributed by atoms with E-state index < -0.39 is 0 Å². The largest absolute Gasteiger partial charge is 0.497 e. The average molecular weight is 340 g/mol. The van der Waals surface area contributed by atoms with E-state index in [1.54, 1.807) is 19.5 Å². The molecule has 1 aromatic carbocycles. The zero-order chi connectivity index (χ0) is 17.5. The number of carbonyl (C=O) groups is 1. The minimum absolute atomic E-state index is 0.128. The molecule has 6 heteroatoms. The zero-order valence-electron chi connectivity index (χ0n) is 14.4. The number of rotatable bonds is 6. The van der Waals surface area contributed by atoms with Crippen LogP contribution in [0.3, 0.4) is 0 Å². The number of nitrogens with zero attached hydrogens (tertiary/aromatic N) is 2. The second-order valence-corrected chi connectivity index (χ2v) is 6.22. The van der Waals surface area contributed by atoms with E-state index in [1.165, 1.54) is 5.69 Å². The Morgan fingerprint density at radius 1 is 1.28 bits per heavy atom. The Hall–Kier alpha value is -2.76. The number of hydrogen-bond acceptors (Lipinski definition) is 4. The SMILES string of the molecule is COc1cccc(N2CCC(CNC(=O)NCc3ccncc3)C2)c1. The molecule has 3 rings (SSSR count). The first-order valence-electron chi connectivity index (χ1n) is 8.54. The molecule has 6 nitrogen and oxygen atoms in total. The number of pyridine rings is 1. The van der Waals surface area contributed by atoms with Gasteiger partial charge in [-0.05, 0) is 42.2 Å². The average Bonchev–Trinajstić information content (AvgIpc) is 3.15. The van der Waals surface area contributed by atoms with Crippen molar-refractivity contribution in [3.8, 4) is 5.75 Å². The fourth-order valence-electron chi connectivity index (χ4n) is 3.02. The van der Waals surface area contributed by atoms with Crippen LogP contribution in [0, 0.1) is 5.92 Å². The summed E-state index contributed by atoms with van der Waals surface area (Å²) >= 11 is 0. The molecule has 0 radical (unpaired) electrons. The lowest BCUT2D eigenvalue weighted by molar-refractivity contribution is 0.239. The smallest absolute Gasteiger partial charge is 0.315 e. The molecule has 0 aliphatic carbocycles. The third-order valence-electron chi connectivity index (χ3n) is 4.46. The molecule has 1 unspecified atom stereocenters. The van der Waals surface area contributed by atoms with Crippen LogP contribution < -0.4 is 20.3 Å². The minimum Gasteiger partial charge on any atom is -0.497 e. The van der Waals surface area contributed by atoms with Crippen molar-refractivity contribution < 1.29 is 9.53 Å². The van der Waals surface area contributed by atoms with E-state index in [2.05, 4.69) is 32.7 Å². The molecule has 1 aliphatic heterocycles. The summed E-state index contributed by atoms with van der Waals surface area (Å²) in [5, 5.41) is 5.85. The Morgan fingerprint density at radius 2 is 2.12 bits per heavy atom. The van der Waals surface area contributed by atoms with Crippen LogP contribution in [-0.2, 0) is 6.54 Å².